The lowest BCUT2D eigenvalue weighted by atomic mass is 9.58. The second kappa shape index (κ2) is 10.5. The number of hydrogen-bond donors (Lipinski definition) is 0. The van der Waals surface area contributed by atoms with E-state index in [9.17, 15) is 22.8 Å². The van der Waals surface area contributed by atoms with E-state index in [4.69, 9.17) is 0 Å². The van der Waals surface area contributed by atoms with Gasteiger partial charge in [0.05, 0.1) is 17.5 Å². The van der Waals surface area contributed by atoms with Crippen LogP contribution >= 0.6 is 0 Å². The van der Waals surface area contributed by atoms with Crippen LogP contribution in [-0.2, 0) is 36.5 Å². The highest BCUT2D eigenvalue weighted by Gasteiger charge is 2.49. The molecule has 1 atom stereocenters. The van der Waals surface area contributed by atoms with E-state index in [0.29, 0.717) is 43.3 Å². The van der Waals surface area contributed by atoms with E-state index in [2.05, 4.69) is 28.6 Å². The maximum atomic E-state index is 14.5. The number of amides is 2. The van der Waals surface area contributed by atoms with E-state index in [0.717, 1.165) is 43.6 Å². The molecule has 2 aromatic carbocycles. The Bertz CT molecular complexity index is 1690. The Morgan fingerprint density at radius 3 is 2.60 bits per heavy atom. The van der Waals surface area contributed by atoms with E-state index < -0.39 is 17.6 Å². The van der Waals surface area contributed by atoms with Crippen molar-refractivity contribution in [2.45, 2.75) is 57.3 Å². The summed E-state index contributed by atoms with van der Waals surface area (Å²) >= 11 is 0. The van der Waals surface area contributed by atoms with Crippen molar-refractivity contribution in [2.24, 2.45) is 18.4 Å². The van der Waals surface area contributed by atoms with Gasteiger partial charge in [-0.2, -0.15) is 13.2 Å². The molecule has 11 heteroatoms. The first-order chi connectivity index (χ1) is 21.4. The fraction of sp³-hybridized carbons (Fsp3) is 0.471. The minimum absolute atomic E-state index is 0.0224. The standard InChI is InChI=1S/C34H37F3N6O2/c1-4-29(44)42-11-9-32(20-42)8-10-41(19-32)17-23-12-26-27(28(13-23)34(35,36)37)18-43(30(26)45)25-7-5-6-24(14-25)33(15-22(2)16-33)31-39-38-21-40(31)3/h4-7,12-14,21-22H,1,8-11,15-20H2,2-3H3/t22?,32-,33?/m0/s1. The van der Waals surface area contributed by atoms with E-state index in [1.165, 1.54) is 17.0 Å². The Hall–Kier alpha value is -3.99. The number of carbonyl (C=O) groups excluding carboxylic acids is 2. The molecule has 0 radical (unpaired) electrons. The average molecular weight is 619 g/mol. The molecule has 4 heterocycles. The maximum Gasteiger partial charge on any atom is 0.416 e. The van der Waals surface area contributed by atoms with Gasteiger partial charge < -0.3 is 14.4 Å². The zero-order chi connectivity index (χ0) is 31.7. The number of fused-ring (bicyclic) bond motifs is 1. The topological polar surface area (TPSA) is 74.6 Å². The van der Waals surface area contributed by atoms with Gasteiger partial charge in [-0.3, -0.25) is 14.5 Å². The largest absolute Gasteiger partial charge is 0.416 e. The van der Waals surface area contributed by atoms with Gasteiger partial charge in [-0.05, 0) is 85.2 Å². The van der Waals surface area contributed by atoms with Crippen LogP contribution in [0.15, 0.2) is 55.4 Å². The molecule has 4 aliphatic rings. The monoisotopic (exact) mass is 618 g/mol. The molecule has 45 heavy (non-hydrogen) atoms. The molecule has 236 valence electrons. The molecule has 2 amide bonds. The lowest BCUT2D eigenvalue weighted by Gasteiger charge is -2.46. The van der Waals surface area contributed by atoms with Crippen LogP contribution < -0.4 is 4.90 Å². The Kier molecular flexibility index (Phi) is 6.96. The molecule has 1 aromatic heterocycles. The smallest absolute Gasteiger partial charge is 0.339 e. The highest BCUT2D eigenvalue weighted by molar-refractivity contribution is 6.10. The molecule has 1 aliphatic carbocycles. The number of alkyl halides is 3. The molecule has 3 aliphatic heterocycles. The normalized spacial score (nSPS) is 26.5. The summed E-state index contributed by atoms with van der Waals surface area (Å²) in [6.07, 6.45) is 1.90. The summed E-state index contributed by atoms with van der Waals surface area (Å²) in [5.41, 5.74) is 1.01. The number of nitrogens with zero attached hydrogens (tertiary/aromatic N) is 6. The van der Waals surface area contributed by atoms with E-state index in [1.54, 1.807) is 23.4 Å². The van der Waals surface area contributed by atoms with Gasteiger partial charge >= 0.3 is 6.18 Å². The first kappa shape index (κ1) is 29.7. The molecule has 3 fully saturated rings. The van der Waals surface area contributed by atoms with Crippen molar-refractivity contribution in [3.63, 3.8) is 0 Å². The number of aromatic nitrogens is 3. The summed E-state index contributed by atoms with van der Waals surface area (Å²) in [5.74, 6) is 0.831. The maximum absolute atomic E-state index is 14.5. The van der Waals surface area contributed by atoms with Gasteiger partial charge in [0.25, 0.3) is 5.91 Å². The predicted molar refractivity (Wildman–Crippen MR) is 162 cm³/mol. The van der Waals surface area contributed by atoms with Crippen LogP contribution in [0.5, 0.6) is 0 Å². The second-order valence-electron chi connectivity index (χ2n) is 13.6. The third-order valence-corrected chi connectivity index (χ3v) is 10.5. The molecular weight excluding hydrogens is 581 g/mol. The number of hydrogen-bond acceptors (Lipinski definition) is 5. The van der Waals surface area contributed by atoms with Crippen LogP contribution in [0.25, 0.3) is 0 Å². The van der Waals surface area contributed by atoms with Crippen LogP contribution in [-0.4, -0.2) is 62.6 Å². The third-order valence-electron chi connectivity index (χ3n) is 10.5. The molecule has 0 bridgehead atoms. The highest BCUT2D eigenvalue weighted by atomic mass is 19.4. The summed E-state index contributed by atoms with van der Waals surface area (Å²) in [6.45, 7) is 8.68. The van der Waals surface area contributed by atoms with E-state index >= 15 is 0 Å². The van der Waals surface area contributed by atoms with Crippen LogP contribution in [0.1, 0.15) is 71.0 Å². The highest BCUT2D eigenvalue weighted by Crippen LogP contribution is 2.52. The molecule has 3 aromatic rings. The van der Waals surface area contributed by atoms with Crippen LogP contribution in [0, 0.1) is 11.3 Å². The number of aryl methyl sites for hydroxylation is 1. The van der Waals surface area contributed by atoms with Crippen LogP contribution in [0.4, 0.5) is 18.9 Å². The summed E-state index contributed by atoms with van der Waals surface area (Å²) < 4.78 is 45.4. The van der Waals surface area contributed by atoms with Crippen molar-refractivity contribution in [3.05, 3.63) is 89.0 Å². The predicted octanol–water partition coefficient (Wildman–Crippen LogP) is 5.32. The first-order valence-electron chi connectivity index (χ1n) is 15.5. The van der Waals surface area contributed by atoms with Gasteiger partial charge in [0.1, 0.15) is 12.2 Å². The van der Waals surface area contributed by atoms with Gasteiger partial charge in [-0.1, -0.05) is 25.6 Å². The lowest BCUT2D eigenvalue weighted by molar-refractivity contribution is -0.138. The molecule has 0 N–H and O–H groups in total. The van der Waals surface area contributed by atoms with Crippen molar-refractivity contribution >= 4 is 17.5 Å². The number of halogens is 3. The average Bonchev–Trinajstić information content (AvgIpc) is 3.78. The molecule has 0 unspecified atom stereocenters. The zero-order valence-electron chi connectivity index (χ0n) is 25.6. The molecule has 1 spiro atoms. The summed E-state index contributed by atoms with van der Waals surface area (Å²) in [6, 6.07) is 10.5. The summed E-state index contributed by atoms with van der Waals surface area (Å²) in [5, 5.41) is 8.50. The van der Waals surface area contributed by atoms with Crippen LogP contribution in [0.3, 0.4) is 0 Å². The molecule has 1 saturated carbocycles. The number of benzene rings is 2. The van der Waals surface area contributed by atoms with Crippen LogP contribution in [0.2, 0.25) is 0 Å². The van der Waals surface area contributed by atoms with Gasteiger partial charge in [0.2, 0.25) is 5.91 Å². The number of carbonyl (C=O) groups is 2. The first-order valence-corrected chi connectivity index (χ1v) is 15.5. The Labute approximate surface area is 260 Å². The van der Waals surface area contributed by atoms with Crippen molar-refractivity contribution < 1.29 is 22.8 Å². The van der Waals surface area contributed by atoms with Gasteiger partial charge in [0.15, 0.2) is 0 Å². The third kappa shape index (κ3) is 4.95. The van der Waals surface area contributed by atoms with Crippen molar-refractivity contribution in [1.82, 2.24) is 24.6 Å². The molecule has 7 rings (SSSR count). The summed E-state index contributed by atoms with van der Waals surface area (Å²) in [7, 11) is 1.91. The quantitative estimate of drug-likeness (QED) is 0.350. The van der Waals surface area contributed by atoms with E-state index in [-0.39, 0.29) is 34.4 Å². The number of anilines is 1. The van der Waals surface area contributed by atoms with Gasteiger partial charge in [-0.25, -0.2) is 0 Å². The Balaban J connectivity index is 1.16. The van der Waals surface area contributed by atoms with Crippen molar-refractivity contribution in [2.75, 3.05) is 31.1 Å². The summed E-state index contributed by atoms with van der Waals surface area (Å²) in [4.78, 5) is 31.4. The Morgan fingerprint density at radius 2 is 1.91 bits per heavy atom. The minimum atomic E-state index is -4.60. The Morgan fingerprint density at radius 1 is 1.13 bits per heavy atom. The lowest BCUT2D eigenvalue weighted by Crippen LogP contribution is -2.43. The zero-order valence-corrected chi connectivity index (χ0v) is 25.6. The molecular formula is C34H37F3N6O2. The van der Waals surface area contributed by atoms with Gasteiger partial charge in [0, 0.05) is 49.9 Å². The minimum Gasteiger partial charge on any atom is -0.339 e. The van der Waals surface area contributed by atoms with Crippen molar-refractivity contribution in [3.8, 4) is 0 Å². The fourth-order valence-electron chi connectivity index (χ4n) is 8.39. The second-order valence-corrected chi connectivity index (χ2v) is 13.6. The number of likely N-dealkylation sites (tertiary alicyclic amines) is 2. The van der Waals surface area contributed by atoms with Gasteiger partial charge in [-0.15, -0.1) is 10.2 Å². The fourth-order valence-corrected chi connectivity index (χ4v) is 8.39. The number of rotatable bonds is 6. The van der Waals surface area contributed by atoms with E-state index in [1.807, 2.05) is 29.8 Å². The van der Waals surface area contributed by atoms with Crippen molar-refractivity contribution in [1.29, 1.82) is 0 Å². The SMILES string of the molecule is C=CC(=O)N1CC[C@]2(CCN(Cc3cc4c(c(C(F)(F)F)c3)CN(c3cccc(C5(c6nncn6C)CC(C)C5)c3)C4=O)C2)C1. The molecule has 8 nitrogen and oxygen atoms in total. The molecule has 2 saturated heterocycles.